The van der Waals surface area contributed by atoms with Gasteiger partial charge >= 0.3 is 0 Å². The summed E-state index contributed by atoms with van der Waals surface area (Å²) in [6.45, 7) is 0. The van der Waals surface area contributed by atoms with Crippen molar-refractivity contribution in [2.24, 2.45) is 0 Å². The molecule has 4 nitrogen and oxygen atoms in total. The number of rotatable bonds is 2. The summed E-state index contributed by atoms with van der Waals surface area (Å²) in [7, 11) is 0. The Kier molecular flexibility index (Phi) is 2.78. The Hall–Kier alpha value is -1.84. The molecule has 1 aliphatic heterocycles. The maximum atomic E-state index is 12.1. The largest absolute Gasteiger partial charge is 0.349 e. The van der Waals surface area contributed by atoms with Crippen molar-refractivity contribution in [1.82, 2.24) is 5.32 Å². The fourth-order valence-corrected chi connectivity index (χ4v) is 2.71. The van der Waals surface area contributed by atoms with Crippen molar-refractivity contribution in [3.63, 3.8) is 0 Å². The number of hydrogen-bond acceptors (Lipinski definition) is 2. The Labute approximate surface area is 106 Å². The summed E-state index contributed by atoms with van der Waals surface area (Å²) in [6.07, 6.45) is 4.94. The minimum atomic E-state index is -0.0240. The summed E-state index contributed by atoms with van der Waals surface area (Å²) in [5.41, 5.74) is 2.40. The van der Waals surface area contributed by atoms with Crippen molar-refractivity contribution in [3.8, 4) is 0 Å². The van der Waals surface area contributed by atoms with Gasteiger partial charge in [0, 0.05) is 17.3 Å². The third-order valence-corrected chi connectivity index (χ3v) is 3.68. The molecule has 1 fully saturated rings. The van der Waals surface area contributed by atoms with Crippen LogP contribution in [-0.4, -0.2) is 17.9 Å². The Morgan fingerprint density at radius 2 is 2.06 bits per heavy atom. The normalized spacial score (nSPS) is 18.6. The molecule has 1 aromatic carbocycles. The highest BCUT2D eigenvalue weighted by Gasteiger charge is 2.21. The number of benzene rings is 1. The minimum Gasteiger partial charge on any atom is -0.349 e. The van der Waals surface area contributed by atoms with Gasteiger partial charge in [-0.3, -0.25) is 9.59 Å². The first-order valence-corrected chi connectivity index (χ1v) is 6.46. The van der Waals surface area contributed by atoms with Crippen LogP contribution in [0.5, 0.6) is 0 Å². The Morgan fingerprint density at radius 1 is 1.28 bits per heavy atom. The molecule has 2 amide bonds. The molecule has 0 unspecified atom stereocenters. The number of amides is 2. The quantitative estimate of drug-likeness (QED) is 0.834. The Morgan fingerprint density at radius 3 is 2.83 bits per heavy atom. The van der Waals surface area contributed by atoms with E-state index in [1.165, 1.54) is 12.8 Å². The molecule has 1 aliphatic carbocycles. The summed E-state index contributed by atoms with van der Waals surface area (Å²) in [6, 6.07) is 5.72. The van der Waals surface area contributed by atoms with Crippen molar-refractivity contribution in [2.45, 2.75) is 38.1 Å². The molecular formula is C14H16N2O2. The zero-order valence-electron chi connectivity index (χ0n) is 10.2. The highest BCUT2D eigenvalue weighted by molar-refractivity contribution is 6.01. The van der Waals surface area contributed by atoms with E-state index in [4.69, 9.17) is 0 Å². The third kappa shape index (κ3) is 2.10. The van der Waals surface area contributed by atoms with E-state index in [-0.39, 0.29) is 11.8 Å². The van der Waals surface area contributed by atoms with E-state index in [1.807, 2.05) is 12.1 Å². The second-order valence-corrected chi connectivity index (χ2v) is 5.05. The second-order valence-electron chi connectivity index (χ2n) is 5.05. The van der Waals surface area contributed by atoms with Gasteiger partial charge in [0.25, 0.3) is 5.91 Å². The molecule has 0 spiro atoms. The lowest BCUT2D eigenvalue weighted by atomic mass is 10.1. The lowest BCUT2D eigenvalue weighted by molar-refractivity contribution is -0.115. The summed E-state index contributed by atoms with van der Waals surface area (Å²) in [5, 5.41) is 5.82. The first kappa shape index (κ1) is 11.3. The van der Waals surface area contributed by atoms with E-state index in [1.54, 1.807) is 6.07 Å². The molecule has 0 bridgehead atoms. The molecule has 1 heterocycles. The van der Waals surface area contributed by atoms with Crippen LogP contribution in [0.3, 0.4) is 0 Å². The van der Waals surface area contributed by atoms with E-state index in [0.717, 1.165) is 24.1 Å². The van der Waals surface area contributed by atoms with Gasteiger partial charge in [-0.2, -0.15) is 0 Å². The van der Waals surface area contributed by atoms with Gasteiger partial charge in [-0.25, -0.2) is 0 Å². The van der Waals surface area contributed by atoms with Crippen LogP contribution < -0.4 is 10.6 Å². The van der Waals surface area contributed by atoms with Gasteiger partial charge in [0.1, 0.15) is 0 Å². The molecule has 1 saturated carbocycles. The lowest BCUT2D eigenvalue weighted by Crippen LogP contribution is -2.32. The maximum Gasteiger partial charge on any atom is 0.251 e. The van der Waals surface area contributed by atoms with Gasteiger partial charge in [0.15, 0.2) is 0 Å². The highest BCUT2D eigenvalue weighted by atomic mass is 16.2. The van der Waals surface area contributed by atoms with E-state index < -0.39 is 0 Å². The zero-order valence-corrected chi connectivity index (χ0v) is 10.2. The van der Waals surface area contributed by atoms with Gasteiger partial charge in [-0.05, 0) is 36.6 Å². The van der Waals surface area contributed by atoms with Crippen LogP contribution in [0.4, 0.5) is 5.69 Å². The van der Waals surface area contributed by atoms with E-state index in [2.05, 4.69) is 10.6 Å². The van der Waals surface area contributed by atoms with Crippen molar-refractivity contribution in [2.75, 3.05) is 5.32 Å². The van der Waals surface area contributed by atoms with E-state index in [9.17, 15) is 9.59 Å². The van der Waals surface area contributed by atoms with Gasteiger partial charge < -0.3 is 10.6 Å². The van der Waals surface area contributed by atoms with Gasteiger partial charge in [0.2, 0.25) is 5.91 Å². The molecule has 18 heavy (non-hydrogen) atoms. The van der Waals surface area contributed by atoms with E-state index >= 15 is 0 Å². The van der Waals surface area contributed by atoms with Crippen LogP contribution in [0.25, 0.3) is 0 Å². The topological polar surface area (TPSA) is 58.2 Å². The van der Waals surface area contributed by atoms with Crippen molar-refractivity contribution in [1.29, 1.82) is 0 Å². The summed E-state index contributed by atoms with van der Waals surface area (Å²) in [5.74, 6) is -0.0256. The fourth-order valence-electron chi connectivity index (χ4n) is 2.71. The predicted molar refractivity (Wildman–Crippen MR) is 68.5 cm³/mol. The van der Waals surface area contributed by atoms with Gasteiger partial charge in [-0.1, -0.05) is 12.8 Å². The SMILES string of the molecule is O=C1Cc2cc(C(=O)NC3CCCC3)ccc2N1. The molecular weight excluding hydrogens is 228 g/mol. The molecule has 94 valence electrons. The number of nitrogens with one attached hydrogen (secondary N) is 2. The van der Waals surface area contributed by atoms with Crippen LogP contribution in [0, 0.1) is 0 Å². The Balaban J connectivity index is 1.74. The third-order valence-electron chi connectivity index (χ3n) is 3.68. The molecule has 0 aromatic heterocycles. The monoisotopic (exact) mass is 244 g/mol. The van der Waals surface area contributed by atoms with Gasteiger partial charge in [0.05, 0.1) is 6.42 Å². The van der Waals surface area contributed by atoms with Crippen LogP contribution in [0.1, 0.15) is 41.6 Å². The maximum absolute atomic E-state index is 12.1. The summed E-state index contributed by atoms with van der Waals surface area (Å²) >= 11 is 0. The first-order valence-electron chi connectivity index (χ1n) is 6.46. The number of carbonyl (C=O) groups is 2. The molecule has 0 saturated heterocycles. The van der Waals surface area contributed by atoms with Gasteiger partial charge in [-0.15, -0.1) is 0 Å². The smallest absolute Gasteiger partial charge is 0.251 e. The molecule has 2 aliphatic rings. The van der Waals surface area contributed by atoms with Crippen LogP contribution in [-0.2, 0) is 11.2 Å². The van der Waals surface area contributed by atoms with Crippen LogP contribution >= 0.6 is 0 Å². The zero-order chi connectivity index (χ0) is 12.5. The van der Waals surface area contributed by atoms with Crippen LogP contribution in [0.15, 0.2) is 18.2 Å². The molecule has 0 atom stereocenters. The molecule has 4 heteroatoms. The van der Waals surface area contributed by atoms with Crippen molar-refractivity contribution >= 4 is 17.5 Å². The lowest BCUT2D eigenvalue weighted by Gasteiger charge is -2.12. The average Bonchev–Trinajstić information content (AvgIpc) is 2.95. The van der Waals surface area contributed by atoms with E-state index in [0.29, 0.717) is 18.0 Å². The molecule has 2 N–H and O–H groups in total. The summed E-state index contributed by atoms with van der Waals surface area (Å²) in [4.78, 5) is 23.3. The molecule has 3 rings (SSSR count). The first-order chi connectivity index (χ1) is 8.72. The molecule has 1 aromatic rings. The second kappa shape index (κ2) is 4.44. The number of fused-ring (bicyclic) bond motifs is 1. The standard InChI is InChI=1S/C14H16N2O2/c17-13-8-10-7-9(5-6-12(10)16-13)14(18)15-11-3-1-2-4-11/h5-7,11H,1-4,8H2,(H,15,18)(H,16,17). The van der Waals surface area contributed by atoms with Crippen molar-refractivity contribution < 1.29 is 9.59 Å². The van der Waals surface area contributed by atoms with Crippen molar-refractivity contribution in [3.05, 3.63) is 29.3 Å². The number of hydrogen-bond donors (Lipinski definition) is 2. The highest BCUT2D eigenvalue weighted by Crippen LogP contribution is 2.24. The fraction of sp³-hybridized carbons (Fsp3) is 0.429. The summed E-state index contributed by atoms with van der Waals surface area (Å²) < 4.78 is 0. The molecule has 0 radical (unpaired) electrons. The Bertz CT molecular complexity index is 505. The number of anilines is 1. The number of carbonyl (C=O) groups excluding carboxylic acids is 2. The van der Waals surface area contributed by atoms with Crippen LogP contribution in [0.2, 0.25) is 0 Å². The minimum absolute atomic E-state index is 0.00153. The average molecular weight is 244 g/mol. The predicted octanol–water partition coefficient (Wildman–Crippen LogP) is 1.85.